The van der Waals surface area contributed by atoms with Gasteiger partial charge in [-0.05, 0) is 20.0 Å². The number of likely N-dealkylation sites (N-methyl/N-ethyl adjacent to an activating group) is 1. The lowest BCUT2D eigenvalue weighted by Crippen LogP contribution is -2.41. The number of hydrogen-bond acceptors (Lipinski definition) is 5. The summed E-state index contributed by atoms with van der Waals surface area (Å²) < 4.78 is 48.1. The van der Waals surface area contributed by atoms with E-state index in [1.165, 1.54) is 13.2 Å². The van der Waals surface area contributed by atoms with Crippen LogP contribution < -0.4 is 10.6 Å². The van der Waals surface area contributed by atoms with Crippen LogP contribution >= 0.6 is 0 Å². The molecule has 0 aliphatic carbocycles. The lowest BCUT2D eigenvalue weighted by atomic mass is 10.3. The van der Waals surface area contributed by atoms with E-state index >= 15 is 0 Å². The summed E-state index contributed by atoms with van der Waals surface area (Å²) in [7, 11) is 1.23. The maximum absolute atomic E-state index is 13.2. The quantitative estimate of drug-likeness (QED) is 0.348. The maximum atomic E-state index is 13.2. The summed E-state index contributed by atoms with van der Waals surface area (Å²) in [4.78, 5) is 14.3. The molecule has 0 bridgehead atoms. The summed E-state index contributed by atoms with van der Waals surface area (Å²) in [6, 6.07) is 1.60. The topological polar surface area (TPSA) is 75.4 Å². The molecule has 0 aliphatic heterocycles. The highest BCUT2D eigenvalue weighted by atomic mass is 19.3. The number of carbonyl (C=O) groups is 1. The standard InChI is InChI=1S/C13H20F3N3O3/c1-3-21-13(20)9-8(4-5-19-9)18-6-7-22-10(11(14)15)12(16)17-2/h4-5,10-12,17-19H,3,6-7H2,1-2H3. The number of alkyl halides is 3. The molecule has 9 heteroatoms. The number of H-pyrrole nitrogens is 1. The van der Waals surface area contributed by atoms with Gasteiger partial charge in [-0.15, -0.1) is 0 Å². The first-order valence-electron chi connectivity index (χ1n) is 6.80. The fraction of sp³-hybridized carbons (Fsp3) is 0.615. The summed E-state index contributed by atoms with van der Waals surface area (Å²) >= 11 is 0. The molecule has 0 aliphatic rings. The molecule has 6 nitrogen and oxygen atoms in total. The van der Waals surface area contributed by atoms with Gasteiger partial charge in [0, 0.05) is 12.7 Å². The molecule has 126 valence electrons. The molecule has 0 fully saturated rings. The number of aromatic amines is 1. The Hall–Kier alpha value is -1.74. The molecule has 0 radical (unpaired) electrons. The van der Waals surface area contributed by atoms with Gasteiger partial charge >= 0.3 is 5.97 Å². The molecule has 3 N–H and O–H groups in total. The fourth-order valence-electron chi connectivity index (χ4n) is 1.72. The number of halogens is 3. The van der Waals surface area contributed by atoms with Crippen LogP contribution in [0.1, 0.15) is 17.4 Å². The van der Waals surface area contributed by atoms with E-state index in [-0.39, 0.29) is 25.5 Å². The first kappa shape index (κ1) is 18.3. The SMILES string of the molecule is CCOC(=O)c1[nH]ccc1NCCOC(C(F)F)C(F)NC. The van der Waals surface area contributed by atoms with Crippen LogP contribution in [-0.4, -0.2) is 56.6 Å². The van der Waals surface area contributed by atoms with Crippen LogP contribution in [0.3, 0.4) is 0 Å². The minimum absolute atomic E-state index is 0.129. The van der Waals surface area contributed by atoms with Crippen LogP contribution in [0.2, 0.25) is 0 Å². The molecule has 0 amide bonds. The van der Waals surface area contributed by atoms with Crippen molar-refractivity contribution < 1.29 is 27.4 Å². The summed E-state index contributed by atoms with van der Waals surface area (Å²) in [5.74, 6) is -0.527. The van der Waals surface area contributed by atoms with Gasteiger partial charge in [0.1, 0.15) is 5.69 Å². The van der Waals surface area contributed by atoms with Gasteiger partial charge < -0.3 is 19.8 Å². The number of nitrogens with one attached hydrogen (secondary N) is 3. The predicted molar refractivity (Wildman–Crippen MR) is 74.9 cm³/mol. The Labute approximate surface area is 126 Å². The van der Waals surface area contributed by atoms with Gasteiger partial charge in [0.2, 0.25) is 0 Å². The fourth-order valence-corrected chi connectivity index (χ4v) is 1.72. The van der Waals surface area contributed by atoms with Crippen molar-refractivity contribution in [2.75, 3.05) is 32.1 Å². The average Bonchev–Trinajstić information content (AvgIpc) is 2.94. The molecule has 1 aromatic rings. The number of hydrogen-bond donors (Lipinski definition) is 3. The lowest BCUT2D eigenvalue weighted by Gasteiger charge is -2.20. The van der Waals surface area contributed by atoms with E-state index in [0.29, 0.717) is 5.69 Å². The third-order valence-electron chi connectivity index (χ3n) is 2.77. The van der Waals surface area contributed by atoms with Crippen molar-refractivity contribution in [2.45, 2.75) is 25.7 Å². The number of aromatic nitrogens is 1. The van der Waals surface area contributed by atoms with E-state index in [2.05, 4.69) is 15.6 Å². The Kier molecular flexibility index (Phi) is 7.75. The number of ether oxygens (including phenoxy) is 2. The molecule has 0 saturated heterocycles. The largest absolute Gasteiger partial charge is 0.461 e. The van der Waals surface area contributed by atoms with Gasteiger partial charge in [-0.2, -0.15) is 0 Å². The van der Waals surface area contributed by atoms with Crippen LogP contribution in [0.15, 0.2) is 12.3 Å². The maximum Gasteiger partial charge on any atom is 0.356 e. The second-order valence-corrected chi connectivity index (χ2v) is 4.27. The number of anilines is 1. The second kappa shape index (κ2) is 9.31. The summed E-state index contributed by atoms with van der Waals surface area (Å²) in [6.07, 6.45) is -5.20. The Bertz CT molecular complexity index is 457. The van der Waals surface area contributed by atoms with Crippen molar-refractivity contribution in [1.29, 1.82) is 0 Å². The molecule has 2 unspecified atom stereocenters. The smallest absolute Gasteiger partial charge is 0.356 e. The Balaban J connectivity index is 2.44. The predicted octanol–water partition coefficient (Wildman–Crippen LogP) is 1.77. The molecule has 2 atom stereocenters. The van der Waals surface area contributed by atoms with E-state index < -0.39 is 24.8 Å². The van der Waals surface area contributed by atoms with Gasteiger partial charge in [-0.25, -0.2) is 18.0 Å². The summed E-state index contributed by atoms with van der Waals surface area (Å²) in [5, 5.41) is 4.92. The van der Waals surface area contributed by atoms with Gasteiger partial charge in [0.25, 0.3) is 6.43 Å². The third-order valence-corrected chi connectivity index (χ3v) is 2.77. The van der Waals surface area contributed by atoms with E-state index in [4.69, 9.17) is 9.47 Å². The van der Waals surface area contributed by atoms with Gasteiger partial charge in [0.15, 0.2) is 12.4 Å². The lowest BCUT2D eigenvalue weighted by molar-refractivity contribution is -0.0955. The molecular formula is C13H20F3N3O3. The minimum atomic E-state index is -2.94. The summed E-state index contributed by atoms with van der Waals surface area (Å²) in [6.45, 7) is 1.90. The van der Waals surface area contributed by atoms with E-state index in [9.17, 15) is 18.0 Å². The van der Waals surface area contributed by atoms with E-state index in [1.807, 2.05) is 0 Å². The molecule has 1 heterocycles. The molecule has 0 spiro atoms. The monoisotopic (exact) mass is 323 g/mol. The number of carbonyl (C=O) groups excluding carboxylic acids is 1. The van der Waals surface area contributed by atoms with Gasteiger partial charge in [-0.1, -0.05) is 0 Å². The zero-order valence-electron chi connectivity index (χ0n) is 12.4. The van der Waals surface area contributed by atoms with Crippen molar-refractivity contribution in [2.24, 2.45) is 0 Å². The highest BCUT2D eigenvalue weighted by molar-refractivity contribution is 5.93. The van der Waals surface area contributed by atoms with Crippen molar-refractivity contribution >= 4 is 11.7 Å². The number of rotatable bonds is 10. The Morgan fingerprint density at radius 1 is 1.41 bits per heavy atom. The van der Waals surface area contributed by atoms with Crippen LogP contribution in [0.4, 0.5) is 18.9 Å². The number of esters is 1. The van der Waals surface area contributed by atoms with Crippen molar-refractivity contribution in [3.05, 3.63) is 18.0 Å². The molecule has 0 aromatic carbocycles. The second-order valence-electron chi connectivity index (χ2n) is 4.27. The van der Waals surface area contributed by atoms with E-state index in [1.54, 1.807) is 13.0 Å². The molecule has 1 rings (SSSR count). The van der Waals surface area contributed by atoms with Crippen LogP contribution in [0.5, 0.6) is 0 Å². The highest BCUT2D eigenvalue weighted by Gasteiger charge is 2.29. The van der Waals surface area contributed by atoms with Crippen molar-refractivity contribution in [1.82, 2.24) is 10.3 Å². The average molecular weight is 323 g/mol. The van der Waals surface area contributed by atoms with Gasteiger partial charge in [-0.3, -0.25) is 5.32 Å². The summed E-state index contributed by atoms with van der Waals surface area (Å²) in [5.41, 5.74) is 0.687. The molecule has 22 heavy (non-hydrogen) atoms. The van der Waals surface area contributed by atoms with Crippen molar-refractivity contribution in [3.63, 3.8) is 0 Å². The highest BCUT2D eigenvalue weighted by Crippen LogP contribution is 2.15. The van der Waals surface area contributed by atoms with Crippen molar-refractivity contribution in [3.8, 4) is 0 Å². The first-order valence-corrected chi connectivity index (χ1v) is 6.80. The Morgan fingerprint density at radius 2 is 2.14 bits per heavy atom. The van der Waals surface area contributed by atoms with Crippen LogP contribution in [0.25, 0.3) is 0 Å². The normalized spacial score (nSPS) is 13.9. The zero-order valence-corrected chi connectivity index (χ0v) is 12.4. The van der Waals surface area contributed by atoms with Crippen LogP contribution in [-0.2, 0) is 9.47 Å². The zero-order chi connectivity index (χ0) is 16.5. The van der Waals surface area contributed by atoms with Crippen LogP contribution in [0, 0.1) is 0 Å². The molecule has 0 saturated carbocycles. The first-order chi connectivity index (χ1) is 10.5. The molecule has 1 aromatic heterocycles. The minimum Gasteiger partial charge on any atom is -0.461 e. The third kappa shape index (κ3) is 5.23. The Morgan fingerprint density at radius 3 is 2.73 bits per heavy atom. The molecular weight excluding hydrogens is 303 g/mol. The van der Waals surface area contributed by atoms with Gasteiger partial charge in [0.05, 0.1) is 18.9 Å². The van der Waals surface area contributed by atoms with E-state index in [0.717, 1.165) is 0 Å².